The Kier molecular flexibility index (Phi) is 4.24. The molecular formula is C15H15N3O4S. The van der Waals surface area contributed by atoms with Crippen LogP contribution in [0.15, 0.2) is 33.2 Å². The number of hydrogen-bond acceptors (Lipinski definition) is 7. The van der Waals surface area contributed by atoms with Crippen LogP contribution >= 0.6 is 0 Å². The highest BCUT2D eigenvalue weighted by molar-refractivity contribution is 7.91. The summed E-state index contributed by atoms with van der Waals surface area (Å²) >= 11 is 0. The maximum Gasteiger partial charge on any atom is 0.250 e. The molecule has 0 aliphatic heterocycles. The van der Waals surface area contributed by atoms with Crippen molar-refractivity contribution in [2.45, 2.75) is 13.3 Å². The molecule has 23 heavy (non-hydrogen) atoms. The van der Waals surface area contributed by atoms with E-state index in [1.807, 2.05) is 24.3 Å². The molecule has 0 unspecified atom stereocenters. The van der Waals surface area contributed by atoms with Crippen LogP contribution in [0.2, 0.25) is 0 Å². The van der Waals surface area contributed by atoms with E-state index in [4.69, 9.17) is 8.94 Å². The molecule has 1 aromatic carbocycles. The second kappa shape index (κ2) is 6.33. The summed E-state index contributed by atoms with van der Waals surface area (Å²) in [7, 11) is -3.04. The smallest absolute Gasteiger partial charge is 0.250 e. The average molecular weight is 333 g/mol. The van der Waals surface area contributed by atoms with Crippen molar-refractivity contribution >= 4 is 33.1 Å². The topological polar surface area (TPSA) is 99.1 Å². The lowest BCUT2D eigenvalue weighted by Crippen LogP contribution is -2.11. The molecule has 0 fully saturated rings. The summed E-state index contributed by atoms with van der Waals surface area (Å²) in [5, 5.41) is 3.76. The standard InChI is InChI=1S/C15H15N3O4S/c1-2-23(19,20)10-9-13-17-15(22-18-13)8-7-14-16-11-5-3-4-6-12(11)21-14/h3-8H,2,9-10H2,1H3/b8-7+. The molecule has 8 heteroatoms. The second-order valence-electron chi connectivity index (χ2n) is 4.89. The quantitative estimate of drug-likeness (QED) is 0.682. The maximum atomic E-state index is 11.5. The molecule has 0 spiro atoms. The third-order valence-corrected chi connectivity index (χ3v) is 4.94. The third-order valence-electron chi connectivity index (χ3n) is 3.24. The van der Waals surface area contributed by atoms with Crippen LogP contribution in [0, 0.1) is 0 Å². The van der Waals surface area contributed by atoms with Crippen molar-refractivity contribution in [2.24, 2.45) is 0 Å². The highest BCUT2D eigenvalue weighted by Crippen LogP contribution is 2.16. The summed E-state index contributed by atoms with van der Waals surface area (Å²) in [5.41, 5.74) is 1.46. The van der Waals surface area contributed by atoms with Gasteiger partial charge < -0.3 is 8.94 Å². The first-order valence-electron chi connectivity index (χ1n) is 7.12. The van der Waals surface area contributed by atoms with Crippen LogP contribution in [0.4, 0.5) is 0 Å². The zero-order valence-corrected chi connectivity index (χ0v) is 13.3. The molecule has 2 heterocycles. The molecule has 0 amide bonds. The van der Waals surface area contributed by atoms with E-state index >= 15 is 0 Å². The molecule has 0 aliphatic carbocycles. The Morgan fingerprint density at radius 2 is 1.91 bits per heavy atom. The van der Waals surface area contributed by atoms with Gasteiger partial charge in [0.15, 0.2) is 11.4 Å². The lowest BCUT2D eigenvalue weighted by Gasteiger charge is -1.96. The number of para-hydroxylation sites is 2. The van der Waals surface area contributed by atoms with Crippen molar-refractivity contribution in [1.82, 2.24) is 15.1 Å². The van der Waals surface area contributed by atoms with Gasteiger partial charge in [-0.3, -0.25) is 0 Å². The van der Waals surface area contributed by atoms with Gasteiger partial charge in [0.2, 0.25) is 5.89 Å². The third kappa shape index (κ3) is 3.84. The van der Waals surface area contributed by atoms with E-state index < -0.39 is 9.84 Å². The van der Waals surface area contributed by atoms with Crippen molar-refractivity contribution < 1.29 is 17.4 Å². The Bertz CT molecular complexity index is 907. The predicted octanol–water partition coefficient (Wildman–Crippen LogP) is 2.36. The van der Waals surface area contributed by atoms with Gasteiger partial charge in [0.1, 0.15) is 15.4 Å². The van der Waals surface area contributed by atoms with Gasteiger partial charge in [-0.25, -0.2) is 13.4 Å². The molecule has 120 valence electrons. The van der Waals surface area contributed by atoms with E-state index in [1.165, 1.54) is 0 Å². The normalized spacial score (nSPS) is 12.4. The monoisotopic (exact) mass is 333 g/mol. The molecule has 0 atom stereocenters. The first-order valence-corrected chi connectivity index (χ1v) is 8.94. The molecule has 0 saturated heterocycles. The fraction of sp³-hybridized carbons (Fsp3) is 0.267. The van der Waals surface area contributed by atoms with Gasteiger partial charge in [0.25, 0.3) is 5.89 Å². The Morgan fingerprint density at radius 3 is 2.70 bits per heavy atom. The first-order chi connectivity index (χ1) is 11.1. The molecule has 7 nitrogen and oxygen atoms in total. The minimum absolute atomic E-state index is 0.0112. The fourth-order valence-corrected chi connectivity index (χ4v) is 2.71. The minimum atomic E-state index is -3.04. The molecule has 0 bridgehead atoms. The molecule has 2 aromatic heterocycles. The molecule has 3 rings (SSSR count). The van der Waals surface area contributed by atoms with Gasteiger partial charge in [-0.05, 0) is 12.1 Å². The number of aromatic nitrogens is 3. The number of aryl methyl sites for hydroxylation is 1. The van der Waals surface area contributed by atoms with E-state index in [0.717, 1.165) is 5.52 Å². The second-order valence-corrected chi connectivity index (χ2v) is 7.36. The summed E-state index contributed by atoms with van der Waals surface area (Å²) < 4.78 is 33.5. The van der Waals surface area contributed by atoms with E-state index in [2.05, 4.69) is 15.1 Å². The van der Waals surface area contributed by atoms with Crippen LogP contribution in [0.1, 0.15) is 24.5 Å². The van der Waals surface area contributed by atoms with Gasteiger partial charge in [0.05, 0.1) is 5.75 Å². The SMILES string of the molecule is CCS(=O)(=O)CCc1noc(/C=C/c2nc3ccccc3o2)n1. The van der Waals surface area contributed by atoms with Crippen molar-refractivity contribution in [1.29, 1.82) is 0 Å². The number of oxazole rings is 1. The van der Waals surface area contributed by atoms with Crippen LogP contribution in [0.3, 0.4) is 0 Å². The zero-order chi connectivity index (χ0) is 16.3. The number of sulfone groups is 1. The number of benzene rings is 1. The Hall–Kier alpha value is -2.48. The summed E-state index contributed by atoms with van der Waals surface area (Å²) in [6, 6.07) is 7.44. The summed E-state index contributed by atoms with van der Waals surface area (Å²) in [6.07, 6.45) is 3.44. The molecule has 0 saturated carbocycles. The number of fused-ring (bicyclic) bond motifs is 1. The van der Waals surface area contributed by atoms with Gasteiger partial charge in [-0.15, -0.1) is 0 Å². The molecule has 0 aliphatic rings. The summed E-state index contributed by atoms with van der Waals surface area (Å²) in [6.45, 7) is 1.61. The van der Waals surface area contributed by atoms with E-state index in [0.29, 0.717) is 17.3 Å². The highest BCUT2D eigenvalue weighted by Gasteiger charge is 2.11. The average Bonchev–Trinajstić information content (AvgIpc) is 3.17. The van der Waals surface area contributed by atoms with Crippen LogP contribution < -0.4 is 0 Å². The van der Waals surface area contributed by atoms with Crippen LogP contribution in [-0.4, -0.2) is 35.0 Å². The van der Waals surface area contributed by atoms with Crippen molar-refractivity contribution in [3.05, 3.63) is 41.9 Å². The fourth-order valence-electron chi connectivity index (χ4n) is 1.93. The summed E-state index contributed by atoms with van der Waals surface area (Å²) in [4.78, 5) is 8.41. The van der Waals surface area contributed by atoms with Gasteiger partial charge in [-0.1, -0.05) is 24.2 Å². The highest BCUT2D eigenvalue weighted by atomic mass is 32.2. The van der Waals surface area contributed by atoms with Crippen LogP contribution in [0.5, 0.6) is 0 Å². The number of nitrogens with zero attached hydrogens (tertiary/aromatic N) is 3. The van der Waals surface area contributed by atoms with E-state index in [9.17, 15) is 8.42 Å². The largest absolute Gasteiger partial charge is 0.437 e. The first kappa shape index (κ1) is 15.4. The molecular weight excluding hydrogens is 318 g/mol. The minimum Gasteiger partial charge on any atom is -0.437 e. The van der Waals surface area contributed by atoms with Gasteiger partial charge in [-0.2, -0.15) is 4.98 Å². The Balaban J connectivity index is 1.68. The van der Waals surface area contributed by atoms with Crippen molar-refractivity contribution in [3.63, 3.8) is 0 Å². The van der Waals surface area contributed by atoms with E-state index in [1.54, 1.807) is 19.1 Å². The lowest BCUT2D eigenvalue weighted by molar-refractivity contribution is 0.403. The lowest BCUT2D eigenvalue weighted by atomic mass is 10.3. The molecule has 0 radical (unpaired) electrons. The van der Waals surface area contributed by atoms with E-state index in [-0.39, 0.29) is 23.8 Å². The maximum absolute atomic E-state index is 11.5. The van der Waals surface area contributed by atoms with Gasteiger partial charge >= 0.3 is 0 Å². The predicted molar refractivity (Wildman–Crippen MR) is 85.3 cm³/mol. The molecule has 0 N–H and O–H groups in total. The number of rotatable bonds is 6. The van der Waals surface area contributed by atoms with Crippen LogP contribution in [0.25, 0.3) is 23.3 Å². The van der Waals surface area contributed by atoms with Crippen LogP contribution in [-0.2, 0) is 16.3 Å². The summed E-state index contributed by atoms with van der Waals surface area (Å²) in [5.74, 6) is 1.18. The van der Waals surface area contributed by atoms with Gasteiger partial charge in [0, 0.05) is 24.3 Å². The van der Waals surface area contributed by atoms with Crippen molar-refractivity contribution in [2.75, 3.05) is 11.5 Å². The number of hydrogen-bond donors (Lipinski definition) is 0. The zero-order valence-electron chi connectivity index (χ0n) is 12.5. The Morgan fingerprint density at radius 1 is 1.13 bits per heavy atom. The van der Waals surface area contributed by atoms with Crippen molar-refractivity contribution in [3.8, 4) is 0 Å². The Labute approximate surface area is 132 Å². The molecule has 3 aromatic rings.